The third kappa shape index (κ3) is 1.86. The lowest BCUT2D eigenvalue weighted by atomic mass is 9.92. The fourth-order valence-electron chi connectivity index (χ4n) is 1.48. The van der Waals surface area contributed by atoms with Crippen molar-refractivity contribution in [2.75, 3.05) is 11.9 Å². The van der Waals surface area contributed by atoms with E-state index in [4.69, 9.17) is 23.2 Å². The smallest absolute Gasteiger partial charge is 0.187 e. The summed E-state index contributed by atoms with van der Waals surface area (Å²) in [5.41, 5.74) is 0. The number of rotatable bonds is 3. The molecular weight excluding hydrogens is 239 g/mol. The highest BCUT2D eigenvalue weighted by Gasteiger charge is 2.24. The highest BCUT2D eigenvalue weighted by atomic mass is 35.5. The zero-order chi connectivity index (χ0) is 10.1. The molecule has 0 N–H and O–H groups in total. The molecular formula is C9H12Cl2N2S. The molecule has 0 unspecified atom stereocenters. The Balaban J connectivity index is 2.14. The molecule has 2 rings (SSSR count). The molecule has 1 fully saturated rings. The molecule has 0 aliphatic heterocycles. The molecule has 0 bridgehead atoms. The van der Waals surface area contributed by atoms with Gasteiger partial charge in [-0.25, -0.2) is 4.98 Å². The molecule has 1 aliphatic rings. The lowest BCUT2D eigenvalue weighted by molar-refractivity contribution is 0.401. The molecule has 1 aromatic rings. The first-order valence-electron chi connectivity index (χ1n) is 4.66. The van der Waals surface area contributed by atoms with Crippen LogP contribution >= 0.6 is 34.5 Å². The van der Waals surface area contributed by atoms with E-state index in [-0.39, 0.29) is 0 Å². The maximum absolute atomic E-state index is 5.94. The first-order chi connectivity index (χ1) is 6.72. The van der Waals surface area contributed by atoms with E-state index < -0.39 is 0 Å². The highest BCUT2D eigenvalue weighted by Crippen LogP contribution is 2.34. The number of anilines is 1. The predicted molar refractivity (Wildman–Crippen MR) is 62.7 cm³/mol. The molecule has 0 amide bonds. The SMILES string of the molecule is CN(c1nc(Cl)c(CCl)s1)C1CCC1. The zero-order valence-corrected chi connectivity index (χ0v) is 10.3. The molecule has 5 heteroatoms. The average Bonchev–Trinajstić information content (AvgIpc) is 2.43. The van der Waals surface area contributed by atoms with Crippen LogP contribution in [0.25, 0.3) is 0 Å². The Morgan fingerprint density at radius 2 is 2.29 bits per heavy atom. The van der Waals surface area contributed by atoms with Crippen LogP contribution < -0.4 is 4.90 Å². The number of halogens is 2. The van der Waals surface area contributed by atoms with E-state index in [1.165, 1.54) is 19.3 Å². The molecule has 0 spiro atoms. The van der Waals surface area contributed by atoms with Gasteiger partial charge in [-0.15, -0.1) is 11.6 Å². The van der Waals surface area contributed by atoms with Gasteiger partial charge in [0.05, 0.1) is 10.8 Å². The Morgan fingerprint density at radius 3 is 2.71 bits per heavy atom. The van der Waals surface area contributed by atoms with Crippen molar-refractivity contribution in [2.45, 2.75) is 31.2 Å². The van der Waals surface area contributed by atoms with Crippen LogP contribution in [0.2, 0.25) is 5.15 Å². The fraction of sp³-hybridized carbons (Fsp3) is 0.667. The third-order valence-corrected chi connectivity index (χ3v) is 4.68. The van der Waals surface area contributed by atoms with Crippen LogP contribution in [0, 0.1) is 0 Å². The van der Waals surface area contributed by atoms with Crippen molar-refractivity contribution in [1.82, 2.24) is 4.98 Å². The Bertz CT molecular complexity index is 323. The van der Waals surface area contributed by atoms with Gasteiger partial charge in [0.25, 0.3) is 0 Å². The molecule has 1 aromatic heterocycles. The Labute approximate surface area is 97.8 Å². The van der Waals surface area contributed by atoms with Crippen molar-refractivity contribution in [3.63, 3.8) is 0 Å². The highest BCUT2D eigenvalue weighted by molar-refractivity contribution is 7.16. The first-order valence-corrected chi connectivity index (χ1v) is 6.39. The van der Waals surface area contributed by atoms with Gasteiger partial charge < -0.3 is 4.90 Å². The molecule has 1 aliphatic carbocycles. The number of nitrogens with zero attached hydrogens (tertiary/aromatic N) is 2. The molecule has 0 atom stereocenters. The van der Waals surface area contributed by atoms with Crippen molar-refractivity contribution in [1.29, 1.82) is 0 Å². The van der Waals surface area contributed by atoms with Crippen molar-refractivity contribution in [2.24, 2.45) is 0 Å². The second-order valence-electron chi connectivity index (χ2n) is 3.54. The van der Waals surface area contributed by atoms with Gasteiger partial charge in [-0.2, -0.15) is 0 Å². The Kier molecular flexibility index (Phi) is 3.20. The summed E-state index contributed by atoms with van der Waals surface area (Å²) in [5, 5.41) is 1.56. The van der Waals surface area contributed by atoms with E-state index in [1.54, 1.807) is 11.3 Å². The topological polar surface area (TPSA) is 16.1 Å². The minimum atomic E-state index is 0.453. The van der Waals surface area contributed by atoms with E-state index in [1.807, 2.05) is 0 Å². The Morgan fingerprint density at radius 1 is 1.57 bits per heavy atom. The maximum Gasteiger partial charge on any atom is 0.187 e. The second kappa shape index (κ2) is 4.25. The number of thiazole rings is 1. The van der Waals surface area contributed by atoms with Crippen LogP contribution in [0.15, 0.2) is 0 Å². The van der Waals surface area contributed by atoms with Gasteiger partial charge in [-0.1, -0.05) is 22.9 Å². The number of aromatic nitrogens is 1. The molecule has 78 valence electrons. The van der Waals surface area contributed by atoms with Crippen LogP contribution in [0.5, 0.6) is 0 Å². The van der Waals surface area contributed by atoms with Gasteiger partial charge in [0, 0.05) is 13.1 Å². The predicted octanol–water partition coefficient (Wildman–Crippen LogP) is 3.52. The van der Waals surface area contributed by atoms with E-state index in [2.05, 4.69) is 16.9 Å². The average molecular weight is 251 g/mol. The van der Waals surface area contributed by atoms with E-state index >= 15 is 0 Å². The molecule has 0 radical (unpaired) electrons. The van der Waals surface area contributed by atoms with E-state index in [0.29, 0.717) is 17.1 Å². The van der Waals surface area contributed by atoms with Crippen molar-refractivity contribution < 1.29 is 0 Å². The monoisotopic (exact) mass is 250 g/mol. The minimum Gasteiger partial charge on any atom is -0.348 e. The fourth-order valence-corrected chi connectivity index (χ4v) is 2.99. The van der Waals surface area contributed by atoms with Gasteiger partial charge in [0.2, 0.25) is 0 Å². The van der Waals surface area contributed by atoms with E-state index in [9.17, 15) is 0 Å². The number of hydrogen-bond donors (Lipinski definition) is 0. The Hall–Kier alpha value is 0.01000. The maximum atomic E-state index is 5.94. The largest absolute Gasteiger partial charge is 0.348 e. The van der Waals surface area contributed by atoms with Gasteiger partial charge in [0.1, 0.15) is 5.15 Å². The summed E-state index contributed by atoms with van der Waals surface area (Å²) in [7, 11) is 2.08. The third-order valence-electron chi connectivity index (χ3n) is 2.68. The zero-order valence-electron chi connectivity index (χ0n) is 7.96. The number of alkyl halides is 1. The van der Waals surface area contributed by atoms with Crippen LogP contribution in [0.4, 0.5) is 5.13 Å². The van der Waals surface area contributed by atoms with Crippen molar-refractivity contribution in [3.8, 4) is 0 Å². The first kappa shape index (κ1) is 10.5. The lowest BCUT2D eigenvalue weighted by Gasteiger charge is -2.34. The molecule has 2 nitrogen and oxygen atoms in total. The van der Waals surface area contributed by atoms with Gasteiger partial charge in [-0.3, -0.25) is 0 Å². The van der Waals surface area contributed by atoms with Gasteiger partial charge >= 0.3 is 0 Å². The van der Waals surface area contributed by atoms with Crippen molar-refractivity contribution in [3.05, 3.63) is 10.0 Å². The summed E-state index contributed by atoms with van der Waals surface area (Å²) < 4.78 is 0. The summed E-state index contributed by atoms with van der Waals surface area (Å²) in [6.07, 6.45) is 3.87. The molecule has 1 saturated carbocycles. The molecule has 14 heavy (non-hydrogen) atoms. The quantitative estimate of drug-likeness (QED) is 0.764. The van der Waals surface area contributed by atoms with Crippen LogP contribution in [0.3, 0.4) is 0 Å². The molecule has 0 saturated heterocycles. The summed E-state index contributed by atoms with van der Waals surface area (Å²) in [6, 6.07) is 0.653. The van der Waals surface area contributed by atoms with Crippen molar-refractivity contribution >= 4 is 39.7 Å². The number of hydrogen-bond acceptors (Lipinski definition) is 3. The van der Waals surface area contributed by atoms with Crippen LogP contribution in [-0.2, 0) is 5.88 Å². The standard InChI is InChI=1S/C9H12Cl2N2S/c1-13(6-3-2-4-6)9-12-8(11)7(5-10)14-9/h6H,2-5H2,1H3. The van der Waals surface area contributed by atoms with Crippen LogP contribution in [0.1, 0.15) is 24.1 Å². The lowest BCUT2D eigenvalue weighted by Crippen LogP contribution is -2.36. The summed E-state index contributed by atoms with van der Waals surface area (Å²) in [4.78, 5) is 7.50. The summed E-state index contributed by atoms with van der Waals surface area (Å²) in [5.74, 6) is 0.453. The molecule has 1 heterocycles. The van der Waals surface area contributed by atoms with E-state index in [0.717, 1.165) is 10.0 Å². The summed E-state index contributed by atoms with van der Waals surface area (Å²) >= 11 is 13.3. The minimum absolute atomic E-state index is 0.453. The second-order valence-corrected chi connectivity index (χ2v) is 5.23. The molecule has 0 aromatic carbocycles. The van der Waals surface area contributed by atoms with Gasteiger partial charge in [0.15, 0.2) is 5.13 Å². The normalized spacial score (nSPS) is 16.8. The summed E-state index contributed by atoms with van der Waals surface area (Å²) in [6.45, 7) is 0. The van der Waals surface area contributed by atoms with Gasteiger partial charge in [-0.05, 0) is 19.3 Å². The van der Waals surface area contributed by atoms with Crippen LogP contribution in [-0.4, -0.2) is 18.1 Å².